The highest BCUT2D eigenvalue weighted by Crippen LogP contribution is 2.36. The van der Waals surface area contributed by atoms with E-state index < -0.39 is 0 Å². The van der Waals surface area contributed by atoms with Gasteiger partial charge in [0.2, 0.25) is 0 Å². The first kappa shape index (κ1) is 22.5. The second-order valence-corrected chi connectivity index (χ2v) is 9.90. The van der Waals surface area contributed by atoms with Gasteiger partial charge in [-0.1, -0.05) is 66.2 Å². The number of aromatic amines is 1. The van der Waals surface area contributed by atoms with E-state index >= 15 is 0 Å². The zero-order valence-corrected chi connectivity index (χ0v) is 20.7. The van der Waals surface area contributed by atoms with Crippen molar-refractivity contribution in [3.63, 3.8) is 0 Å². The molecule has 3 aromatic carbocycles. The molecule has 0 fully saturated rings. The molecule has 0 aliphatic heterocycles. The number of nitrogens with zero attached hydrogens (tertiary/aromatic N) is 2. The number of halogens is 1. The van der Waals surface area contributed by atoms with Crippen molar-refractivity contribution in [2.75, 3.05) is 0 Å². The zero-order chi connectivity index (χ0) is 24.5. The third-order valence-corrected chi connectivity index (χ3v) is 7.38. The summed E-state index contributed by atoms with van der Waals surface area (Å²) < 4.78 is 0. The quantitative estimate of drug-likeness (QED) is 0.243. The maximum absolute atomic E-state index is 13.2. The Labute approximate surface area is 217 Å². The fourth-order valence-corrected chi connectivity index (χ4v) is 5.42. The predicted molar refractivity (Wildman–Crippen MR) is 150 cm³/mol. The Balaban J connectivity index is 1.52. The molecule has 0 atom stereocenters. The van der Waals surface area contributed by atoms with Crippen LogP contribution in [-0.2, 0) is 5.75 Å². The molecule has 6 heteroatoms. The Morgan fingerprint density at radius 3 is 2.42 bits per heavy atom. The SMILES string of the molecule is O=c1cc(CSc2ccccc2)[nH]c2nc(-c3ccccc3)c(-c3cc(Cl)c4ncccc4c3)cc12. The summed E-state index contributed by atoms with van der Waals surface area (Å²) in [5.41, 5.74) is 5.57. The molecule has 0 spiro atoms. The van der Waals surface area contributed by atoms with Crippen molar-refractivity contribution in [2.24, 2.45) is 0 Å². The van der Waals surface area contributed by atoms with Gasteiger partial charge >= 0.3 is 0 Å². The van der Waals surface area contributed by atoms with E-state index in [0.29, 0.717) is 21.8 Å². The number of benzene rings is 3. The highest BCUT2D eigenvalue weighted by atomic mass is 35.5. The van der Waals surface area contributed by atoms with Crippen LogP contribution < -0.4 is 5.43 Å². The van der Waals surface area contributed by atoms with E-state index in [-0.39, 0.29) is 5.43 Å². The van der Waals surface area contributed by atoms with Crippen LogP contribution in [0.5, 0.6) is 0 Å². The lowest BCUT2D eigenvalue weighted by Crippen LogP contribution is -2.07. The minimum atomic E-state index is -0.0608. The third kappa shape index (κ3) is 4.39. The predicted octanol–water partition coefficient (Wildman–Crippen LogP) is 7.75. The second-order valence-electron chi connectivity index (χ2n) is 8.44. The molecule has 0 unspecified atom stereocenters. The normalized spacial score (nSPS) is 11.2. The van der Waals surface area contributed by atoms with Crippen molar-refractivity contribution in [1.82, 2.24) is 15.0 Å². The van der Waals surface area contributed by atoms with Crippen molar-refractivity contribution >= 4 is 45.3 Å². The summed E-state index contributed by atoms with van der Waals surface area (Å²) in [6, 6.07) is 31.5. The molecule has 6 aromatic rings. The number of nitrogens with one attached hydrogen (secondary N) is 1. The molecule has 0 bridgehead atoms. The van der Waals surface area contributed by atoms with Gasteiger partial charge in [-0.2, -0.15) is 0 Å². The van der Waals surface area contributed by atoms with Gasteiger partial charge in [-0.3, -0.25) is 9.78 Å². The Kier molecular flexibility index (Phi) is 6.01. The van der Waals surface area contributed by atoms with E-state index in [1.54, 1.807) is 24.0 Å². The third-order valence-electron chi connectivity index (χ3n) is 6.03. The number of aromatic nitrogens is 3. The number of hydrogen-bond donors (Lipinski definition) is 1. The molecule has 0 saturated carbocycles. The number of thioether (sulfide) groups is 1. The molecule has 0 aliphatic rings. The summed E-state index contributed by atoms with van der Waals surface area (Å²) in [5, 5.41) is 2.03. The number of H-pyrrole nitrogens is 1. The minimum Gasteiger partial charge on any atom is -0.342 e. The average Bonchev–Trinajstić information content (AvgIpc) is 2.92. The van der Waals surface area contributed by atoms with Gasteiger partial charge in [0.05, 0.1) is 21.6 Å². The van der Waals surface area contributed by atoms with Crippen LogP contribution in [0.25, 0.3) is 44.3 Å². The molecular weight excluding hydrogens is 486 g/mol. The van der Waals surface area contributed by atoms with Crippen LogP contribution >= 0.6 is 23.4 Å². The fraction of sp³-hybridized carbons (Fsp3) is 0.0333. The molecular formula is C30H20ClN3OS. The number of pyridine rings is 3. The van der Waals surface area contributed by atoms with Gasteiger partial charge in [0, 0.05) is 45.1 Å². The van der Waals surface area contributed by atoms with E-state index in [4.69, 9.17) is 16.6 Å². The molecule has 6 rings (SSSR count). The van der Waals surface area contributed by atoms with Crippen molar-refractivity contribution in [3.05, 3.63) is 124 Å². The summed E-state index contributed by atoms with van der Waals surface area (Å²) >= 11 is 8.29. The lowest BCUT2D eigenvalue weighted by Gasteiger charge is -2.13. The van der Waals surface area contributed by atoms with Crippen molar-refractivity contribution in [3.8, 4) is 22.4 Å². The Bertz CT molecular complexity index is 1770. The summed E-state index contributed by atoms with van der Waals surface area (Å²) in [5.74, 6) is 0.645. The number of fused-ring (bicyclic) bond motifs is 2. The molecule has 0 aliphatic carbocycles. The topological polar surface area (TPSA) is 58.6 Å². The first-order chi connectivity index (χ1) is 17.7. The molecule has 36 heavy (non-hydrogen) atoms. The van der Waals surface area contributed by atoms with Gasteiger partial charge in [-0.05, 0) is 42.0 Å². The first-order valence-corrected chi connectivity index (χ1v) is 12.9. The van der Waals surface area contributed by atoms with Crippen LogP contribution in [0.15, 0.2) is 113 Å². The van der Waals surface area contributed by atoms with E-state index in [9.17, 15) is 4.79 Å². The van der Waals surface area contributed by atoms with Crippen molar-refractivity contribution in [2.45, 2.75) is 10.6 Å². The Hall–Kier alpha value is -3.93. The van der Waals surface area contributed by atoms with Gasteiger partial charge in [0.15, 0.2) is 5.43 Å². The molecule has 0 saturated heterocycles. The number of rotatable bonds is 5. The maximum atomic E-state index is 13.2. The van der Waals surface area contributed by atoms with Crippen LogP contribution in [0.1, 0.15) is 5.69 Å². The molecule has 0 radical (unpaired) electrons. The first-order valence-electron chi connectivity index (χ1n) is 11.5. The summed E-state index contributed by atoms with van der Waals surface area (Å²) in [4.78, 5) is 27.2. The summed E-state index contributed by atoms with van der Waals surface area (Å²) in [7, 11) is 0. The van der Waals surface area contributed by atoms with E-state index in [2.05, 4.69) is 22.1 Å². The van der Waals surface area contributed by atoms with Crippen LogP contribution in [0.3, 0.4) is 0 Å². The van der Waals surface area contributed by atoms with Gasteiger partial charge in [0.1, 0.15) is 5.65 Å². The van der Waals surface area contributed by atoms with Crippen LogP contribution in [-0.4, -0.2) is 15.0 Å². The van der Waals surface area contributed by atoms with Gasteiger partial charge < -0.3 is 4.98 Å². The monoisotopic (exact) mass is 505 g/mol. The van der Waals surface area contributed by atoms with Crippen molar-refractivity contribution in [1.29, 1.82) is 0 Å². The smallest absolute Gasteiger partial charge is 0.191 e. The van der Waals surface area contributed by atoms with Gasteiger partial charge in [-0.25, -0.2) is 4.98 Å². The number of hydrogen-bond acceptors (Lipinski definition) is 4. The second kappa shape index (κ2) is 9.61. The Morgan fingerprint density at radius 2 is 1.61 bits per heavy atom. The fourth-order valence-electron chi connectivity index (χ4n) is 4.32. The van der Waals surface area contributed by atoms with Crippen LogP contribution in [0.2, 0.25) is 5.02 Å². The molecule has 3 aromatic heterocycles. The van der Waals surface area contributed by atoms with Crippen LogP contribution in [0, 0.1) is 0 Å². The largest absolute Gasteiger partial charge is 0.342 e. The maximum Gasteiger partial charge on any atom is 0.191 e. The van der Waals surface area contributed by atoms with E-state index in [0.717, 1.165) is 43.9 Å². The highest BCUT2D eigenvalue weighted by molar-refractivity contribution is 7.98. The highest BCUT2D eigenvalue weighted by Gasteiger charge is 2.16. The Morgan fingerprint density at radius 1 is 0.833 bits per heavy atom. The summed E-state index contributed by atoms with van der Waals surface area (Å²) in [6.45, 7) is 0. The van der Waals surface area contributed by atoms with Crippen LogP contribution in [0.4, 0.5) is 0 Å². The standard InChI is InChI=1S/C30H20ClN3OS/c31-26-15-21(14-20-10-7-13-32-29(20)26)24-17-25-27(35)16-22(18-36-23-11-5-2-6-12-23)33-30(25)34-28(24)19-8-3-1-4-9-19/h1-17H,18H2,(H,33,34,35). The molecule has 1 N–H and O–H groups in total. The molecule has 174 valence electrons. The summed E-state index contributed by atoms with van der Waals surface area (Å²) in [6.07, 6.45) is 1.73. The molecule has 3 heterocycles. The lowest BCUT2D eigenvalue weighted by atomic mass is 9.96. The lowest BCUT2D eigenvalue weighted by molar-refractivity contribution is 1.17. The van der Waals surface area contributed by atoms with Gasteiger partial charge in [0.25, 0.3) is 0 Å². The molecule has 4 nitrogen and oxygen atoms in total. The van der Waals surface area contributed by atoms with E-state index in [1.807, 2.05) is 78.9 Å². The van der Waals surface area contributed by atoms with Crippen molar-refractivity contribution < 1.29 is 0 Å². The van der Waals surface area contributed by atoms with E-state index in [1.165, 1.54) is 0 Å². The zero-order valence-electron chi connectivity index (χ0n) is 19.1. The molecule has 0 amide bonds. The minimum absolute atomic E-state index is 0.0608. The average molecular weight is 506 g/mol. The van der Waals surface area contributed by atoms with Gasteiger partial charge in [-0.15, -0.1) is 11.8 Å².